The van der Waals surface area contributed by atoms with Crippen molar-refractivity contribution in [2.45, 2.75) is 276 Å². The van der Waals surface area contributed by atoms with E-state index >= 15 is 0 Å². The third-order valence-electron chi connectivity index (χ3n) is 12.0. The summed E-state index contributed by atoms with van der Waals surface area (Å²) in [4.78, 5) is 12.5. The molecule has 61 heavy (non-hydrogen) atoms. The third kappa shape index (κ3) is 48.7. The molecule has 0 spiro atoms. The molecule has 1 amide bonds. The molecule has 354 valence electrons. The number of allylic oxidation sites excluding steroid dienone is 12. The van der Waals surface area contributed by atoms with E-state index in [1.807, 2.05) is 0 Å². The smallest absolute Gasteiger partial charge is 0.220 e. The maximum absolute atomic E-state index is 12.5. The number of aliphatic hydroxyl groups excluding tert-OH is 2. The van der Waals surface area contributed by atoms with Gasteiger partial charge in [0.2, 0.25) is 5.91 Å². The van der Waals surface area contributed by atoms with Crippen LogP contribution in [0.5, 0.6) is 0 Å². The second-order valence-electron chi connectivity index (χ2n) is 17.9. The zero-order valence-corrected chi connectivity index (χ0v) is 40.7. The molecule has 4 nitrogen and oxygen atoms in total. The molecule has 2 atom stereocenters. The average Bonchev–Trinajstić information content (AvgIpc) is 3.26. The van der Waals surface area contributed by atoms with Crippen LogP contribution in [0.1, 0.15) is 264 Å². The van der Waals surface area contributed by atoms with Crippen LogP contribution in [0.4, 0.5) is 0 Å². The van der Waals surface area contributed by atoms with Crippen LogP contribution < -0.4 is 5.32 Å². The molecule has 0 aliphatic rings. The van der Waals surface area contributed by atoms with Crippen molar-refractivity contribution in [1.29, 1.82) is 0 Å². The van der Waals surface area contributed by atoms with Gasteiger partial charge in [-0.15, -0.1) is 0 Å². The Hall–Kier alpha value is -2.17. The molecule has 0 aromatic rings. The molecule has 3 N–H and O–H groups in total. The molecule has 0 heterocycles. The fraction of sp³-hybridized carbons (Fsp3) is 0.772. The number of carbonyl (C=O) groups is 1. The molecule has 0 aromatic heterocycles. The molecular formula is C57H103NO3. The molecule has 0 fully saturated rings. The van der Waals surface area contributed by atoms with Crippen molar-refractivity contribution in [2.75, 3.05) is 6.61 Å². The maximum atomic E-state index is 12.5. The molecular weight excluding hydrogens is 747 g/mol. The van der Waals surface area contributed by atoms with E-state index in [1.165, 1.54) is 173 Å². The van der Waals surface area contributed by atoms with Gasteiger partial charge in [0.05, 0.1) is 18.8 Å². The molecule has 0 radical (unpaired) electrons. The summed E-state index contributed by atoms with van der Waals surface area (Å²) in [6, 6.07) is -0.541. The van der Waals surface area contributed by atoms with Crippen LogP contribution in [-0.4, -0.2) is 34.9 Å². The molecule has 0 rings (SSSR count). The summed E-state index contributed by atoms with van der Waals surface area (Å²) < 4.78 is 0. The minimum Gasteiger partial charge on any atom is -0.394 e. The topological polar surface area (TPSA) is 69.6 Å². The lowest BCUT2D eigenvalue weighted by molar-refractivity contribution is -0.123. The van der Waals surface area contributed by atoms with E-state index in [0.717, 1.165) is 64.2 Å². The summed E-state index contributed by atoms with van der Waals surface area (Å²) in [6.07, 6.45) is 74.4. The van der Waals surface area contributed by atoms with Gasteiger partial charge in [-0.2, -0.15) is 0 Å². The Labute approximate surface area is 380 Å². The van der Waals surface area contributed by atoms with Gasteiger partial charge < -0.3 is 15.5 Å². The van der Waals surface area contributed by atoms with E-state index in [4.69, 9.17) is 0 Å². The summed E-state index contributed by atoms with van der Waals surface area (Å²) in [6.45, 7) is 4.26. The first-order chi connectivity index (χ1) is 30.2. The van der Waals surface area contributed by atoms with Crippen LogP contribution in [0.25, 0.3) is 0 Å². The Morgan fingerprint density at radius 3 is 1.08 bits per heavy atom. The number of rotatable bonds is 48. The van der Waals surface area contributed by atoms with Crippen molar-refractivity contribution in [3.63, 3.8) is 0 Å². The number of carbonyl (C=O) groups excluding carboxylic acids is 1. The van der Waals surface area contributed by atoms with Crippen LogP contribution >= 0.6 is 0 Å². The van der Waals surface area contributed by atoms with E-state index in [0.29, 0.717) is 12.8 Å². The number of aliphatic hydroxyl groups is 2. The second-order valence-corrected chi connectivity index (χ2v) is 17.9. The summed E-state index contributed by atoms with van der Waals surface area (Å²) >= 11 is 0. The Kier molecular flexibility index (Phi) is 50.3. The maximum Gasteiger partial charge on any atom is 0.220 e. The number of hydrogen-bond donors (Lipinski definition) is 3. The number of hydrogen-bond acceptors (Lipinski definition) is 3. The van der Waals surface area contributed by atoms with Crippen LogP contribution in [0.15, 0.2) is 72.9 Å². The predicted octanol–water partition coefficient (Wildman–Crippen LogP) is 17.4. The first-order valence-corrected chi connectivity index (χ1v) is 26.6. The average molecular weight is 850 g/mol. The predicted molar refractivity (Wildman–Crippen MR) is 271 cm³/mol. The number of unbranched alkanes of at least 4 members (excludes halogenated alkanes) is 29. The van der Waals surface area contributed by atoms with Crippen LogP contribution in [0.3, 0.4) is 0 Å². The van der Waals surface area contributed by atoms with Crippen molar-refractivity contribution < 1.29 is 15.0 Å². The van der Waals surface area contributed by atoms with Gasteiger partial charge >= 0.3 is 0 Å². The molecule has 4 heteroatoms. The Balaban J connectivity index is 3.51. The minimum atomic E-state index is -0.664. The standard InChI is InChI=1S/C57H103NO3/c1-3-5-7-9-11-13-15-17-19-21-23-24-25-26-27-28-29-30-31-32-33-34-35-37-39-41-43-45-47-49-51-53-57(61)58-55(54-59)56(60)52-50-48-46-44-42-40-38-36-22-20-18-16-14-12-10-8-6-4-2/h5,7,11,13,17,19,23-24,26-27,29-30,55-56,59-60H,3-4,6,8-10,12,14-16,18,20-22,25,28,31-54H2,1-2H3,(H,58,61)/b7-5-,13-11-,19-17-,24-23-,27-26-,30-29-. The summed E-state index contributed by atoms with van der Waals surface area (Å²) in [5, 5.41) is 23.3. The zero-order valence-electron chi connectivity index (χ0n) is 40.7. The van der Waals surface area contributed by atoms with Crippen molar-refractivity contribution in [3.8, 4) is 0 Å². The van der Waals surface area contributed by atoms with E-state index < -0.39 is 12.1 Å². The highest BCUT2D eigenvalue weighted by atomic mass is 16.3. The molecule has 0 aliphatic heterocycles. The van der Waals surface area contributed by atoms with Gasteiger partial charge in [0, 0.05) is 6.42 Å². The van der Waals surface area contributed by atoms with E-state index in [-0.39, 0.29) is 12.5 Å². The van der Waals surface area contributed by atoms with Crippen molar-refractivity contribution in [1.82, 2.24) is 5.32 Å². The lowest BCUT2D eigenvalue weighted by Crippen LogP contribution is -2.45. The minimum absolute atomic E-state index is 0.0340. The molecule has 2 unspecified atom stereocenters. The van der Waals surface area contributed by atoms with E-state index in [2.05, 4.69) is 92.1 Å². The summed E-state index contributed by atoms with van der Waals surface area (Å²) in [5.74, 6) is -0.0340. The van der Waals surface area contributed by atoms with Crippen LogP contribution in [0.2, 0.25) is 0 Å². The largest absolute Gasteiger partial charge is 0.394 e. The second kappa shape index (κ2) is 52.2. The van der Waals surface area contributed by atoms with Crippen LogP contribution in [0, 0.1) is 0 Å². The fourth-order valence-corrected chi connectivity index (χ4v) is 7.95. The number of nitrogens with one attached hydrogen (secondary N) is 1. The number of amides is 1. The van der Waals surface area contributed by atoms with Gasteiger partial charge in [-0.25, -0.2) is 0 Å². The molecule has 0 saturated carbocycles. The first-order valence-electron chi connectivity index (χ1n) is 26.6. The van der Waals surface area contributed by atoms with Crippen LogP contribution in [-0.2, 0) is 4.79 Å². The Morgan fingerprint density at radius 2 is 0.721 bits per heavy atom. The summed E-state index contributed by atoms with van der Waals surface area (Å²) in [7, 11) is 0. The lowest BCUT2D eigenvalue weighted by atomic mass is 10.0. The Morgan fingerprint density at radius 1 is 0.410 bits per heavy atom. The van der Waals surface area contributed by atoms with E-state index in [1.54, 1.807) is 0 Å². The lowest BCUT2D eigenvalue weighted by Gasteiger charge is -2.22. The fourth-order valence-electron chi connectivity index (χ4n) is 7.95. The molecule has 0 saturated heterocycles. The Bertz CT molecular complexity index is 1050. The summed E-state index contributed by atoms with van der Waals surface area (Å²) in [5.41, 5.74) is 0. The van der Waals surface area contributed by atoms with Gasteiger partial charge in [-0.1, -0.05) is 267 Å². The van der Waals surface area contributed by atoms with Gasteiger partial charge in [0.1, 0.15) is 0 Å². The van der Waals surface area contributed by atoms with Gasteiger partial charge in [0.25, 0.3) is 0 Å². The quantitative estimate of drug-likeness (QED) is 0.0422. The highest BCUT2D eigenvalue weighted by Gasteiger charge is 2.20. The van der Waals surface area contributed by atoms with E-state index in [9.17, 15) is 15.0 Å². The normalized spacial score (nSPS) is 13.4. The highest BCUT2D eigenvalue weighted by molar-refractivity contribution is 5.76. The van der Waals surface area contributed by atoms with Crippen molar-refractivity contribution in [3.05, 3.63) is 72.9 Å². The molecule has 0 aliphatic carbocycles. The monoisotopic (exact) mass is 850 g/mol. The zero-order chi connectivity index (χ0) is 44.2. The molecule has 0 bridgehead atoms. The highest BCUT2D eigenvalue weighted by Crippen LogP contribution is 2.17. The van der Waals surface area contributed by atoms with Crippen molar-refractivity contribution >= 4 is 5.91 Å². The van der Waals surface area contributed by atoms with Crippen molar-refractivity contribution in [2.24, 2.45) is 0 Å². The van der Waals surface area contributed by atoms with Gasteiger partial charge in [0.15, 0.2) is 0 Å². The van der Waals surface area contributed by atoms with Gasteiger partial charge in [-0.05, 0) is 64.2 Å². The SMILES string of the molecule is CC/C=C\C/C=C\C/C=C\C/C=C\C/C=C\C/C=C\CCCCCCCCCCCCCCC(=O)NC(CO)C(O)CCCCCCCCCCCCCCCCCCCC. The first kappa shape index (κ1) is 58.8. The van der Waals surface area contributed by atoms with Gasteiger partial charge in [-0.3, -0.25) is 4.79 Å². The molecule has 0 aromatic carbocycles. The third-order valence-corrected chi connectivity index (χ3v) is 12.0.